The standard InChI is InChI=1S/C11H14N4OS2/c1-5-9(18-7(3)13-5)6(2)14-10(16)8-4-17-11(12)15-8/h4,6H,1-3H3,(H2,12,15)(H,14,16). The maximum Gasteiger partial charge on any atom is 0.271 e. The fraction of sp³-hybridized carbons (Fsp3) is 0.364. The van der Waals surface area contributed by atoms with Crippen molar-refractivity contribution in [1.82, 2.24) is 15.3 Å². The summed E-state index contributed by atoms with van der Waals surface area (Å²) in [6, 6.07) is -0.0772. The van der Waals surface area contributed by atoms with Gasteiger partial charge in [-0.2, -0.15) is 0 Å². The largest absolute Gasteiger partial charge is 0.375 e. The first kappa shape index (κ1) is 13.0. The molecule has 0 aliphatic carbocycles. The van der Waals surface area contributed by atoms with Crippen molar-refractivity contribution in [2.24, 2.45) is 0 Å². The maximum atomic E-state index is 11.9. The first-order valence-electron chi connectivity index (χ1n) is 5.43. The van der Waals surface area contributed by atoms with Crippen LogP contribution in [-0.2, 0) is 0 Å². The highest BCUT2D eigenvalue weighted by Crippen LogP contribution is 2.24. The summed E-state index contributed by atoms with van der Waals surface area (Å²) in [5.41, 5.74) is 6.83. The maximum absolute atomic E-state index is 11.9. The Balaban J connectivity index is 2.10. The zero-order valence-corrected chi connectivity index (χ0v) is 12.0. The second-order valence-electron chi connectivity index (χ2n) is 3.95. The Kier molecular flexibility index (Phi) is 3.63. The molecule has 96 valence electrons. The van der Waals surface area contributed by atoms with Crippen LogP contribution in [0, 0.1) is 13.8 Å². The summed E-state index contributed by atoms with van der Waals surface area (Å²) in [5.74, 6) is -0.207. The quantitative estimate of drug-likeness (QED) is 0.905. The fourth-order valence-electron chi connectivity index (χ4n) is 1.68. The third-order valence-electron chi connectivity index (χ3n) is 2.43. The number of amides is 1. The number of nitrogens with zero attached hydrogens (tertiary/aromatic N) is 2. The van der Waals surface area contributed by atoms with Crippen molar-refractivity contribution >= 4 is 33.7 Å². The predicted octanol–water partition coefficient (Wildman–Crippen LogP) is 2.29. The predicted molar refractivity (Wildman–Crippen MR) is 74.0 cm³/mol. The van der Waals surface area contributed by atoms with E-state index in [1.807, 2.05) is 20.8 Å². The lowest BCUT2D eigenvalue weighted by molar-refractivity contribution is 0.0936. The SMILES string of the molecule is Cc1nc(C)c(C(C)NC(=O)c2csc(N)n2)s1. The normalized spacial score (nSPS) is 12.4. The monoisotopic (exact) mass is 282 g/mol. The van der Waals surface area contributed by atoms with Crippen molar-refractivity contribution in [3.05, 3.63) is 26.7 Å². The molecular formula is C11H14N4OS2. The number of carbonyl (C=O) groups is 1. The van der Waals surface area contributed by atoms with Crippen molar-refractivity contribution < 1.29 is 4.79 Å². The van der Waals surface area contributed by atoms with Crippen molar-refractivity contribution in [3.8, 4) is 0 Å². The van der Waals surface area contributed by atoms with Crippen LogP contribution >= 0.6 is 22.7 Å². The van der Waals surface area contributed by atoms with Crippen LogP contribution in [0.15, 0.2) is 5.38 Å². The molecular weight excluding hydrogens is 268 g/mol. The van der Waals surface area contributed by atoms with E-state index in [1.165, 1.54) is 11.3 Å². The van der Waals surface area contributed by atoms with E-state index in [9.17, 15) is 4.79 Å². The molecule has 1 unspecified atom stereocenters. The molecule has 0 aromatic carbocycles. The number of thiazole rings is 2. The van der Waals surface area contributed by atoms with Gasteiger partial charge >= 0.3 is 0 Å². The molecule has 1 amide bonds. The van der Waals surface area contributed by atoms with Crippen LogP contribution in [0.4, 0.5) is 5.13 Å². The van der Waals surface area contributed by atoms with Gasteiger partial charge < -0.3 is 11.1 Å². The Morgan fingerprint density at radius 2 is 2.17 bits per heavy atom. The number of carbonyl (C=O) groups excluding carboxylic acids is 1. The van der Waals surface area contributed by atoms with E-state index < -0.39 is 0 Å². The molecule has 2 rings (SSSR count). The molecule has 0 saturated carbocycles. The van der Waals surface area contributed by atoms with Gasteiger partial charge in [-0.15, -0.1) is 22.7 Å². The minimum atomic E-state index is -0.207. The third kappa shape index (κ3) is 2.68. The van der Waals surface area contributed by atoms with Crippen LogP contribution < -0.4 is 11.1 Å². The van der Waals surface area contributed by atoms with Crippen molar-refractivity contribution in [2.45, 2.75) is 26.8 Å². The molecule has 2 aromatic heterocycles. The molecule has 5 nitrogen and oxygen atoms in total. The zero-order chi connectivity index (χ0) is 13.3. The van der Waals surface area contributed by atoms with Gasteiger partial charge in [0.25, 0.3) is 5.91 Å². The van der Waals surface area contributed by atoms with E-state index in [1.54, 1.807) is 16.7 Å². The number of aryl methyl sites for hydroxylation is 2. The van der Waals surface area contributed by atoms with Gasteiger partial charge in [0.1, 0.15) is 5.69 Å². The average molecular weight is 282 g/mol. The fourth-order valence-corrected chi connectivity index (χ4v) is 3.15. The summed E-state index contributed by atoms with van der Waals surface area (Å²) < 4.78 is 0. The Bertz CT molecular complexity index is 575. The van der Waals surface area contributed by atoms with Gasteiger partial charge in [0.05, 0.1) is 16.7 Å². The Hall–Kier alpha value is -1.47. The second-order valence-corrected chi connectivity index (χ2v) is 6.07. The number of nitrogens with two attached hydrogens (primary N) is 1. The molecule has 0 fully saturated rings. The Morgan fingerprint density at radius 3 is 2.67 bits per heavy atom. The van der Waals surface area contributed by atoms with Crippen LogP contribution in [0.3, 0.4) is 0 Å². The van der Waals surface area contributed by atoms with Crippen molar-refractivity contribution in [2.75, 3.05) is 5.73 Å². The van der Waals surface area contributed by atoms with E-state index >= 15 is 0 Å². The van der Waals surface area contributed by atoms with Gasteiger partial charge in [-0.25, -0.2) is 9.97 Å². The lowest BCUT2D eigenvalue weighted by atomic mass is 10.2. The van der Waals surface area contributed by atoms with E-state index in [-0.39, 0.29) is 11.9 Å². The summed E-state index contributed by atoms with van der Waals surface area (Å²) in [4.78, 5) is 21.3. The molecule has 18 heavy (non-hydrogen) atoms. The smallest absolute Gasteiger partial charge is 0.271 e. The molecule has 7 heteroatoms. The van der Waals surface area contributed by atoms with Gasteiger partial charge in [0.2, 0.25) is 0 Å². The second kappa shape index (κ2) is 5.03. The molecule has 0 saturated heterocycles. The number of rotatable bonds is 3. The van der Waals surface area contributed by atoms with Crippen LogP contribution in [0.1, 0.15) is 39.0 Å². The summed E-state index contributed by atoms with van der Waals surface area (Å²) >= 11 is 2.86. The number of hydrogen-bond donors (Lipinski definition) is 2. The van der Waals surface area contributed by atoms with Gasteiger partial charge in [0.15, 0.2) is 5.13 Å². The van der Waals surface area contributed by atoms with Gasteiger partial charge in [-0.3, -0.25) is 4.79 Å². The minimum Gasteiger partial charge on any atom is -0.375 e. The molecule has 0 bridgehead atoms. The number of hydrogen-bond acceptors (Lipinski definition) is 6. The number of nitrogen functional groups attached to an aromatic ring is 1. The topological polar surface area (TPSA) is 80.9 Å². The summed E-state index contributed by atoms with van der Waals surface area (Å²) in [6.45, 7) is 5.84. The highest BCUT2D eigenvalue weighted by molar-refractivity contribution is 7.13. The molecule has 0 aliphatic rings. The summed E-state index contributed by atoms with van der Waals surface area (Å²) in [5, 5.41) is 5.96. The number of anilines is 1. The molecule has 2 aromatic rings. The highest BCUT2D eigenvalue weighted by Gasteiger charge is 2.17. The van der Waals surface area contributed by atoms with Crippen LogP contribution in [0.25, 0.3) is 0 Å². The number of nitrogens with one attached hydrogen (secondary N) is 1. The van der Waals surface area contributed by atoms with E-state index in [0.717, 1.165) is 15.6 Å². The summed E-state index contributed by atoms with van der Waals surface area (Å²) in [6.07, 6.45) is 0. The van der Waals surface area contributed by atoms with Crippen LogP contribution in [0.5, 0.6) is 0 Å². The molecule has 2 heterocycles. The molecule has 3 N–H and O–H groups in total. The van der Waals surface area contributed by atoms with Gasteiger partial charge in [0, 0.05) is 10.3 Å². The van der Waals surface area contributed by atoms with Gasteiger partial charge in [-0.1, -0.05) is 0 Å². The van der Waals surface area contributed by atoms with Crippen molar-refractivity contribution in [1.29, 1.82) is 0 Å². The summed E-state index contributed by atoms with van der Waals surface area (Å²) in [7, 11) is 0. The van der Waals surface area contributed by atoms with E-state index in [2.05, 4.69) is 15.3 Å². The lowest BCUT2D eigenvalue weighted by Gasteiger charge is -2.11. The Labute approximate surface area is 113 Å². The Morgan fingerprint density at radius 1 is 1.44 bits per heavy atom. The average Bonchev–Trinajstić information content (AvgIpc) is 2.84. The third-order valence-corrected chi connectivity index (χ3v) is 4.36. The van der Waals surface area contributed by atoms with Gasteiger partial charge in [-0.05, 0) is 20.8 Å². The van der Waals surface area contributed by atoms with E-state index in [4.69, 9.17) is 5.73 Å². The van der Waals surface area contributed by atoms with Crippen molar-refractivity contribution in [3.63, 3.8) is 0 Å². The lowest BCUT2D eigenvalue weighted by Crippen LogP contribution is -2.26. The van der Waals surface area contributed by atoms with Crippen LogP contribution in [0.2, 0.25) is 0 Å². The first-order chi connectivity index (χ1) is 8.47. The number of aromatic nitrogens is 2. The molecule has 0 radical (unpaired) electrons. The minimum absolute atomic E-state index is 0.0772. The molecule has 0 spiro atoms. The molecule has 0 aliphatic heterocycles. The van der Waals surface area contributed by atoms with E-state index in [0.29, 0.717) is 10.8 Å². The molecule has 1 atom stereocenters. The first-order valence-corrected chi connectivity index (χ1v) is 7.12. The van der Waals surface area contributed by atoms with Crippen LogP contribution in [-0.4, -0.2) is 15.9 Å². The zero-order valence-electron chi connectivity index (χ0n) is 10.4. The highest BCUT2D eigenvalue weighted by atomic mass is 32.1.